The fourth-order valence-electron chi connectivity index (χ4n) is 5.27. The molecule has 1 saturated heterocycles. The maximum absolute atomic E-state index is 13.6. The summed E-state index contributed by atoms with van der Waals surface area (Å²) in [6.07, 6.45) is 4.44. The van der Waals surface area contributed by atoms with Gasteiger partial charge in [0, 0.05) is 53.7 Å². The van der Waals surface area contributed by atoms with Crippen LogP contribution in [0.1, 0.15) is 47.9 Å². The Bertz CT molecular complexity index is 1300. The fourth-order valence-corrected chi connectivity index (χ4v) is 5.27. The number of hydrogen-bond acceptors (Lipinski definition) is 4. The Hall–Kier alpha value is -3.67. The highest BCUT2D eigenvalue weighted by atomic mass is 19.1. The average Bonchev–Trinajstić information content (AvgIpc) is 3.70. The van der Waals surface area contributed by atoms with Crippen LogP contribution in [0.15, 0.2) is 73.1 Å². The van der Waals surface area contributed by atoms with Gasteiger partial charge in [0.15, 0.2) is 0 Å². The molecule has 4 nitrogen and oxygen atoms in total. The van der Waals surface area contributed by atoms with Crippen molar-refractivity contribution in [2.45, 2.75) is 51.6 Å². The van der Waals surface area contributed by atoms with Crippen molar-refractivity contribution in [2.24, 2.45) is 0 Å². The van der Waals surface area contributed by atoms with Crippen molar-refractivity contribution in [3.8, 4) is 0 Å². The molecule has 3 aromatic carbocycles. The highest BCUT2D eigenvalue weighted by Gasteiger charge is 2.34. The minimum atomic E-state index is -0.677. The van der Waals surface area contributed by atoms with Crippen molar-refractivity contribution in [3.05, 3.63) is 107 Å². The molecule has 0 amide bonds. The topological polar surface area (TPSA) is 42.4 Å². The third-order valence-corrected chi connectivity index (χ3v) is 7.44. The molecular formula is C31H34F2N4. The van der Waals surface area contributed by atoms with Crippen LogP contribution in [0.2, 0.25) is 0 Å². The van der Waals surface area contributed by atoms with Gasteiger partial charge in [0.2, 0.25) is 0 Å². The monoisotopic (exact) mass is 500 g/mol. The summed E-state index contributed by atoms with van der Waals surface area (Å²) in [5.41, 5.74) is 5.44. The molecule has 1 heterocycles. The zero-order valence-corrected chi connectivity index (χ0v) is 21.5. The number of nitrogens with one attached hydrogen (secondary N) is 2. The van der Waals surface area contributed by atoms with E-state index in [2.05, 4.69) is 52.9 Å². The van der Waals surface area contributed by atoms with Crippen molar-refractivity contribution in [1.29, 1.82) is 5.41 Å². The largest absolute Gasteiger partial charge is 0.382 e. The van der Waals surface area contributed by atoms with E-state index in [0.29, 0.717) is 17.6 Å². The third-order valence-electron chi connectivity index (χ3n) is 7.44. The van der Waals surface area contributed by atoms with Gasteiger partial charge in [-0.05, 0) is 81.0 Å². The van der Waals surface area contributed by atoms with Gasteiger partial charge in [-0.3, -0.25) is 5.41 Å². The quantitative estimate of drug-likeness (QED) is 0.327. The van der Waals surface area contributed by atoms with Crippen LogP contribution in [-0.2, 0) is 0 Å². The zero-order chi connectivity index (χ0) is 26.1. The molecule has 37 heavy (non-hydrogen) atoms. The van der Waals surface area contributed by atoms with Crippen LogP contribution in [0.5, 0.6) is 0 Å². The van der Waals surface area contributed by atoms with Crippen LogP contribution in [0.3, 0.4) is 0 Å². The summed E-state index contributed by atoms with van der Waals surface area (Å²) in [6.45, 7) is 10.5. The molecule has 0 aromatic heterocycles. The maximum Gasteiger partial charge on any atom is 0.126 e. The van der Waals surface area contributed by atoms with Gasteiger partial charge in [-0.25, -0.2) is 8.78 Å². The van der Waals surface area contributed by atoms with Gasteiger partial charge in [-0.15, -0.1) is 0 Å². The van der Waals surface area contributed by atoms with E-state index < -0.39 is 11.6 Å². The molecule has 1 aliphatic heterocycles. The lowest BCUT2D eigenvalue weighted by atomic mass is 9.97. The normalized spacial score (nSPS) is 15.9. The lowest BCUT2D eigenvalue weighted by Gasteiger charge is -2.40. The predicted molar refractivity (Wildman–Crippen MR) is 148 cm³/mol. The Morgan fingerprint density at radius 3 is 2.22 bits per heavy atom. The van der Waals surface area contributed by atoms with E-state index in [1.807, 2.05) is 25.1 Å². The standard InChI is InChI=1S/C31H34F2N4/c1-20-6-4-5-7-30(20)37(28-9-10-28)22(3)36-14-12-26(13-15-36)35-27-8-11-29(21(2)16-27)31(34)23-17-24(32)19-25(33)18-23/h4-8,11,16-19,26,28,34-35H,3,9-10,12-15H2,1-2H3. The van der Waals surface area contributed by atoms with Crippen LogP contribution in [0.25, 0.3) is 0 Å². The van der Waals surface area contributed by atoms with E-state index in [0.717, 1.165) is 49.1 Å². The Labute approximate surface area is 218 Å². The first-order chi connectivity index (χ1) is 17.8. The fraction of sp³-hybridized carbons (Fsp3) is 0.323. The lowest BCUT2D eigenvalue weighted by molar-refractivity contribution is 0.265. The smallest absolute Gasteiger partial charge is 0.126 e. The number of rotatable bonds is 8. The first kappa shape index (κ1) is 25.0. The first-order valence-electron chi connectivity index (χ1n) is 13.0. The number of nitrogens with zero attached hydrogens (tertiary/aromatic N) is 2. The summed E-state index contributed by atoms with van der Waals surface area (Å²) in [5.74, 6) is -0.254. The summed E-state index contributed by atoms with van der Waals surface area (Å²) in [4.78, 5) is 4.85. The van der Waals surface area contributed by atoms with Gasteiger partial charge >= 0.3 is 0 Å². The van der Waals surface area contributed by atoms with E-state index in [1.54, 1.807) is 0 Å². The molecule has 0 atom stereocenters. The minimum absolute atomic E-state index is 0.114. The van der Waals surface area contributed by atoms with Crippen LogP contribution in [0.4, 0.5) is 20.2 Å². The SMILES string of the molecule is C=C(N1CCC(Nc2ccc(C(=N)c3cc(F)cc(F)c3)c(C)c2)CC1)N(c1ccccc1C)C1CC1. The van der Waals surface area contributed by atoms with Crippen LogP contribution in [0, 0.1) is 30.9 Å². The number of aryl methyl sites for hydroxylation is 2. The second-order valence-corrected chi connectivity index (χ2v) is 10.3. The van der Waals surface area contributed by atoms with E-state index in [9.17, 15) is 8.78 Å². The Morgan fingerprint density at radius 2 is 1.59 bits per heavy atom. The summed E-state index contributed by atoms with van der Waals surface area (Å²) < 4.78 is 27.3. The van der Waals surface area contributed by atoms with Gasteiger partial charge in [0.1, 0.15) is 17.5 Å². The van der Waals surface area contributed by atoms with Crippen LogP contribution in [-0.4, -0.2) is 35.8 Å². The van der Waals surface area contributed by atoms with E-state index in [1.165, 1.54) is 36.2 Å². The third kappa shape index (κ3) is 5.53. The highest BCUT2D eigenvalue weighted by Crippen LogP contribution is 2.37. The second kappa shape index (κ2) is 10.4. The predicted octanol–water partition coefficient (Wildman–Crippen LogP) is 7.01. The minimum Gasteiger partial charge on any atom is -0.382 e. The van der Waals surface area contributed by atoms with Gasteiger partial charge in [-0.2, -0.15) is 0 Å². The number of likely N-dealkylation sites (tertiary alicyclic amines) is 1. The summed E-state index contributed by atoms with van der Waals surface area (Å²) in [7, 11) is 0. The molecule has 6 heteroatoms. The molecule has 2 aliphatic rings. The van der Waals surface area contributed by atoms with Crippen molar-refractivity contribution < 1.29 is 8.78 Å². The Kier molecular flexibility index (Phi) is 7.00. The van der Waals surface area contributed by atoms with Gasteiger partial charge in [0.25, 0.3) is 0 Å². The number of hydrogen-bond donors (Lipinski definition) is 2. The van der Waals surface area contributed by atoms with E-state index >= 15 is 0 Å². The molecule has 0 unspecified atom stereocenters. The molecule has 192 valence electrons. The molecule has 3 aromatic rings. The zero-order valence-electron chi connectivity index (χ0n) is 21.5. The number of piperidine rings is 1. The molecule has 1 saturated carbocycles. The molecule has 0 bridgehead atoms. The first-order valence-corrected chi connectivity index (χ1v) is 13.0. The number of anilines is 2. The summed E-state index contributed by atoms with van der Waals surface area (Å²) in [5, 5.41) is 12.1. The number of halogens is 2. The Morgan fingerprint density at radius 1 is 0.919 bits per heavy atom. The number of para-hydroxylation sites is 1. The van der Waals surface area contributed by atoms with E-state index in [4.69, 9.17) is 5.41 Å². The molecule has 2 fully saturated rings. The van der Waals surface area contributed by atoms with Crippen molar-refractivity contribution in [2.75, 3.05) is 23.3 Å². The van der Waals surface area contributed by atoms with Gasteiger partial charge in [0.05, 0.1) is 5.71 Å². The maximum atomic E-state index is 13.6. The van der Waals surface area contributed by atoms with Crippen LogP contribution < -0.4 is 10.2 Å². The molecule has 0 spiro atoms. The highest BCUT2D eigenvalue weighted by molar-refractivity contribution is 6.11. The second-order valence-electron chi connectivity index (χ2n) is 10.3. The van der Waals surface area contributed by atoms with Gasteiger partial charge in [-0.1, -0.05) is 30.8 Å². The van der Waals surface area contributed by atoms with Crippen molar-refractivity contribution in [1.82, 2.24) is 4.90 Å². The number of benzene rings is 3. The van der Waals surface area contributed by atoms with Crippen molar-refractivity contribution >= 4 is 17.1 Å². The average molecular weight is 501 g/mol. The van der Waals surface area contributed by atoms with Crippen molar-refractivity contribution in [3.63, 3.8) is 0 Å². The van der Waals surface area contributed by atoms with Gasteiger partial charge < -0.3 is 15.1 Å². The van der Waals surface area contributed by atoms with E-state index in [-0.39, 0.29) is 11.3 Å². The summed E-state index contributed by atoms with van der Waals surface area (Å²) >= 11 is 0. The molecule has 1 aliphatic carbocycles. The van der Waals surface area contributed by atoms with Crippen LogP contribution >= 0.6 is 0 Å². The molecule has 0 radical (unpaired) electrons. The lowest BCUT2D eigenvalue weighted by Crippen LogP contribution is -2.43. The summed E-state index contributed by atoms with van der Waals surface area (Å²) in [6, 6.07) is 18.5. The Balaban J connectivity index is 1.21. The molecular weight excluding hydrogens is 466 g/mol. The molecule has 5 rings (SSSR count). The molecule has 2 N–H and O–H groups in total.